The Labute approximate surface area is 145 Å². The molecule has 1 heterocycles. The van der Waals surface area contributed by atoms with Crippen molar-refractivity contribution in [1.82, 2.24) is 4.90 Å². The molecule has 4 heteroatoms. The van der Waals surface area contributed by atoms with Crippen LogP contribution in [0.15, 0.2) is 54.6 Å². The normalized spacial score (nSPS) is 20.9. The predicted octanol–water partition coefficient (Wildman–Crippen LogP) is 2.19. The summed E-state index contributed by atoms with van der Waals surface area (Å²) >= 11 is 0. The van der Waals surface area contributed by atoms with Gasteiger partial charge in [0.2, 0.25) is 0 Å². The van der Waals surface area contributed by atoms with Crippen LogP contribution in [0.4, 0.5) is 0 Å². The highest BCUT2D eigenvalue weighted by Gasteiger charge is 2.47. The number of benzene rings is 2. The molecule has 0 aromatic heterocycles. The van der Waals surface area contributed by atoms with Crippen LogP contribution in [0.1, 0.15) is 24.5 Å². The van der Waals surface area contributed by atoms with Crippen LogP contribution in [0, 0.1) is 0 Å². The molecule has 3 rings (SSSR count). The minimum absolute atomic E-state index is 0.147. The molecule has 2 aromatic carbocycles. The summed E-state index contributed by atoms with van der Waals surface area (Å²) in [5, 5.41) is 0. The van der Waals surface area contributed by atoms with Crippen LogP contribution in [0.2, 0.25) is 0 Å². The zero-order valence-corrected chi connectivity index (χ0v) is 14.1. The van der Waals surface area contributed by atoms with Gasteiger partial charge in [-0.1, -0.05) is 60.1 Å². The van der Waals surface area contributed by atoms with Crippen molar-refractivity contribution in [2.24, 2.45) is 0 Å². The molecule has 0 N–H and O–H groups in total. The molecule has 1 aliphatic rings. The Kier molecular flexibility index (Phi) is 5.05. The number of rotatable bonds is 5. The van der Waals surface area contributed by atoms with E-state index in [-0.39, 0.29) is 5.97 Å². The van der Waals surface area contributed by atoms with Crippen LogP contribution >= 0.6 is 0 Å². The molecule has 0 aliphatic carbocycles. The SMILES string of the molecule is [B]c1cccc(C2(C(=O)OCC)CCN(Cc3ccccc3)C2)c1. The molecule has 0 spiro atoms. The summed E-state index contributed by atoms with van der Waals surface area (Å²) < 4.78 is 5.42. The van der Waals surface area contributed by atoms with Gasteiger partial charge in [0.25, 0.3) is 0 Å². The van der Waals surface area contributed by atoms with Crippen molar-refractivity contribution < 1.29 is 9.53 Å². The van der Waals surface area contributed by atoms with Gasteiger partial charge >= 0.3 is 5.97 Å². The number of ether oxygens (including phenoxy) is 1. The molecule has 1 fully saturated rings. The lowest BCUT2D eigenvalue weighted by Crippen LogP contribution is -2.40. The Morgan fingerprint density at radius 1 is 1.21 bits per heavy atom. The minimum atomic E-state index is -0.625. The van der Waals surface area contributed by atoms with Crippen LogP contribution in [-0.4, -0.2) is 38.4 Å². The van der Waals surface area contributed by atoms with Gasteiger partial charge in [-0.2, -0.15) is 0 Å². The monoisotopic (exact) mass is 319 g/mol. The zero-order valence-electron chi connectivity index (χ0n) is 14.1. The fraction of sp³-hybridized carbons (Fsp3) is 0.350. The number of nitrogens with zero attached hydrogens (tertiary/aromatic N) is 1. The summed E-state index contributed by atoms with van der Waals surface area (Å²) in [7, 11) is 5.95. The number of carbonyl (C=O) groups excluding carboxylic acids is 1. The van der Waals surface area contributed by atoms with Gasteiger partial charge in [-0.15, -0.1) is 0 Å². The average molecular weight is 319 g/mol. The van der Waals surface area contributed by atoms with Crippen LogP contribution in [-0.2, 0) is 21.5 Å². The predicted molar refractivity (Wildman–Crippen MR) is 96.5 cm³/mol. The van der Waals surface area contributed by atoms with E-state index >= 15 is 0 Å². The minimum Gasteiger partial charge on any atom is -0.465 e. The first-order valence-corrected chi connectivity index (χ1v) is 8.43. The summed E-state index contributed by atoms with van der Waals surface area (Å²) in [5.74, 6) is -0.147. The summed E-state index contributed by atoms with van der Waals surface area (Å²) in [6.45, 7) is 4.60. The molecule has 0 bridgehead atoms. The summed E-state index contributed by atoms with van der Waals surface area (Å²) in [4.78, 5) is 15.1. The Hall–Kier alpha value is -2.07. The number of hydrogen-bond acceptors (Lipinski definition) is 3. The van der Waals surface area contributed by atoms with E-state index in [1.807, 2.05) is 49.4 Å². The molecule has 1 atom stereocenters. The third-order valence-corrected chi connectivity index (χ3v) is 4.70. The van der Waals surface area contributed by atoms with Gasteiger partial charge in [0.05, 0.1) is 6.61 Å². The van der Waals surface area contributed by atoms with Gasteiger partial charge in [-0.05, 0) is 24.5 Å². The second kappa shape index (κ2) is 7.22. The first kappa shape index (κ1) is 16.8. The highest BCUT2D eigenvalue weighted by Crippen LogP contribution is 2.36. The van der Waals surface area contributed by atoms with Gasteiger partial charge in [0, 0.05) is 19.6 Å². The van der Waals surface area contributed by atoms with E-state index in [0.29, 0.717) is 18.6 Å². The van der Waals surface area contributed by atoms with E-state index in [1.54, 1.807) is 0 Å². The molecule has 24 heavy (non-hydrogen) atoms. The highest BCUT2D eigenvalue weighted by molar-refractivity contribution is 6.32. The molecular formula is C20H22BNO2. The fourth-order valence-corrected chi connectivity index (χ4v) is 3.49. The lowest BCUT2D eigenvalue weighted by atomic mass is 9.77. The largest absolute Gasteiger partial charge is 0.465 e. The van der Waals surface area contributed by atoms with Gasteiger partial charge in [-0.25, -0.2) is 0 Å². The second-order valence-electron chi connectivity index (χ2n) is 6.37. The van der Waals surface area contributed by atoms with Crippen LogP contribution < -0.4 is 5.46 Å². The van der Waals surface area contributed by atoms with E-state index in [1.165, 1.54) is 5.56 Å². The van der Waals surface area contributed by atoms with Crippen molar-refractivity contribution in [3.05, 3.63) is 65.7 Å². The number of esters is 1. The highest BCUT2D eigenvalue weighted by atomic mass is 16.5. The topological polar surface area (TPSA) is 29.5 Å². The Balaban J connectivity index is 1.86. The Bertz CT molecular complexity index is 704. The molecule has 0 amide bonds. The van der Waals surface area contributed by atoms with Crippen molar-refractivity contribution in [3.8, 4) is 0 Å². The van der Waals surface area contributed by atoms with E-state index in [4.69, 9.17) is 12.6 Å². The fourth-order valence-electron chi connectivity index (χ4n) is 3.49. The van der Waals surface area contributed by atoms with Gasteiger partial charge < -0.3 is 4.74 Å². The van der Waals surface area contributed by atoms with Gasteiger partial charge in [0.15, 0.2) is 0 Å². The van der Waals surface area contributed by atoms with Crippen molar-refractivity contribution in [1.29, 1.82) is 0 Å². The smallest absolute Gasteiger partial charge is 0.317 e. The third-order valence-electron chi connectivity index (χ3n) is 4.70. The molecule has 1 saturated heterocycles. The molecule has 2 radical (unpaired) electrons. The zero-order chi connectivity index (χ0) is 17.0. The first-order chi connectivity index (χ1) is 11.6. The number of likely N-dealkylation sites (tertiary alicyclic amines) is 1. The molecule has 3 nitrogen and oxygen atoms in total. The number of carbonyl (C=O) groups is 1. The lowest BCUT2D eigenvalue weighted by Gasteiger charge is -2.28. The maximum Gasteiger partial charge on any atom is 0.317 e. The maximum atomic E-state index is 12.8. The lowest BCUT2D eigenvalue weighted by molar-refractivity contribution is -0.149. The van der Waals surface area contributed by atoms with Crippen molar-refractivity contribution in [2.45, 2.75) is 25.3 Å². The van der Waals surface area contributed by atoms with Crippen LogP contribution in [0.25, 0.3) is 0 Å². The van der Waals surface area contributed by atoms with E-state index in [9.17, 15) is 4.79 Å². The second-order valence-corrected chi connectivity index (χ2v) is 6.37. The maximum absolute atomic E-state index is 12.8. The molecule has 122 valence electrons. The van der Waals surface area contributed by atoms with E-state index < -0.39 is 5.41 Å². The summed E-state index contributed by atoms with van der Waals surface area (Å²) in [6, 6.07) is 18.0. The molecule has 1 unspecified atom stereocenters. The quantitative estimate of drug-likeness (QED) is 0.625. The standard InChI is InChI=1S/C20H22BNO2/c1-2-24-19(23)20(17-9-6-10-18(21)13-17)11-12-22(15-20)14-16-7-4-3-5-8-16/h3-10,13H,2,11-12,14-15H2,1H3. The molecule has 2 aromatic rings. The van der Waals surface area contributed by atoms with Gasteiger partial charge in [0.1, 0.15) is 13.3 Å². The Morgan fingerprint density at radius 2 is 2.00 bits per heavy atom. The number of hydrogen-bond donors (Lipinski definition) is 0. The van der Waals surface area contributed by atoms with Crippen molar-refractivity contribution in [3.63, 3.8) is 0 Å². The van der Waals surface area contributed by atoms with E-state index in [0.717, 1.165) is 25.1 Å². The first-order valence-electron chi connectivity index (χ1n) is 8.43. The van der Waals surface area contributed by atoms with Crippen molar-refractivity contribution in [2.75, 3.05) is 19.7 Å². The van der Waals surface area contributed by atoms with E-state index in [2.05, 4.69) is 17.0 Å². The Morgan fingerprint density at radius 3 is 2.71 bits per heavy atom. The van der Waals surface area contributed by atoms with Crippen molar-refractivity contribution >= 4 is 19.3 Å². The average Bonchev–Trinajstić information content (AvgIpc) is 3.01. The third kappa shape index (κ3) is 3.39. The molecule has 1 aliphatic heterocycles. The van der Waals surface area contributed by atoms with Crippen LogP contribution in [0.5, 0.6) is 0 Å². The van der Waals surface area contributed by atoms with Crippen LogP contribution in [0.3, 0.4) is 0 Å². The summed E-state index contributed by atoms with van der Waals surface area (Å²) in [6.07, 6.45) is 0.752. The molecule has 0 saturated carbocycles. The van der Waals surface area contributed by atoms with Gasteiger partial charge in [-0.3, -0.25) is 9.69 Å². The summed E-state index contributed by atoms with van der Waals surface area (Å²) in [5.41, 5.74) is 2.26. The molecular weight excluding hydrogens is 297 g/mol.